The van der Waals surface area contributed by atoms with Gasteiger partial charge in [0.1, 0.15) is 17.4 Å². The summed E-state index contributed by atoms with van der Waals surface area (Å²) in [5.41, 5.74) is 0.591. The van der Waals surface area contributed by atoms with Crippen molar-refractivity contribution in [3.05, 3.63) is 53.3 Å². The predicted octanol–water partition coefficient (Wildman–Crippen LogP) is 2.41. The minimum Gasteiger partial charge on any atom is -0.465 e. The van der Waals surface area contributed by atoms with Gasteiger partial charge < -0.3 is 13.9 Å². The molecule has 0 atom stereocenters. The molecule has 1 aromatic carbocycles. The van der Waals surface area contributed by atoms with Crippen LogP contribution in [0.2, 0.25) is 0 Å². The van der Waals surface area contributed by atoms with Crippen LogP contribution in [0.1, 0.15) is 33.2 Å². The van der Waals surface area contributed by atoms with Crippen LogP contribution in [0.4, 0.5) is 5.88 Å². The number of hydrogen-bond donors (Lipinski definition) is 0. The van der Waals surface area contributed by atoms with Gasteiger partial charge in [0.2, 0.25) is 11.8 Å². The largest absolute Gasteiger partial charge is 0.465 e. The molecule has 126 valence electrons. The number of hydrogen-bond acceptors (Lipinski definition) is 6. The summed E-state index contributed by atoms with van der Waals surface area (Å²) < 4.78 is 14.7. The second-order valence-corrected chi connectivity index (χ2v) is 4.90. The summed E-state index contributed by atoms with van der Waals surface area (Å²) in [6.45, 7) is 1.51. The Kier molecular flexibility index (Phi) is 5.36. The Morgan fingerprint density at radius 2 is 1.67 bits per heavy atom. The van der Waals surface area contributed by atoms with Crippen molar-refractivity contribution >= 4 is 23.7 Å². The lowest BCUT2D eigenvalue weighted by atomic mass is 10.1. The maximum absolute atomic E-state index is 12.1. The molecular weight excluding hydrogens is 314 g/mol. The fraction of sp³-hybridized carbons (Fsp3) is 0.235. The van der Waals surface area contributed by atoms with E-state index < -0.39 is 11.9 Å². The van der Waals surface area contributed by atoms with E-state index in [4.69, 9.17) is 9.15 Å². The molecule has 24 heavy (non-hydrogen) atoms. The van der Waals surface area contributed by atoms with E-state index in [9.17, 15) is 14.4 Å². The van der Waals surface area contributed by atoms with Crippen molar-refractivity contribution in [3.63, 3.8) is 0 Å². The zero-order valence-corrected chi connectivity index (χ0v) is 13.6. The molecule has 0 fully saturated rings. The molecule has 0 bridgehead atoms. The van der Waals surface area contributed by atoms with E-state index in [-0.39, 0.29) is 29.5 Å². The first kappa shape index (κ1) is 17.3. The summed E-state index contributed by atoms with van der Waals surface area (Å²) in [5, 5.41) is 0. The molecule has 0 aliphatic heterocycles. The zero-order valence-electron chi connectivity index (χ0n) is 13.6. The Bertz CT molecular complexity index is 750. The Hall–Kier alpha value is -3.09. The SMILES string of the molecule is COC(=O)c1coc(N(Cc2ccccc2)C(C)=O)c1C(=O)OC. The van der Waals surface area contributed by atoms with Gasteiger partial charge in [-0.05, 0) is 5.56 Å². The van der Waals surface area contributed by atoms with E-state index in [1.165, 1.54) is 26.0 Å². The number of ether oxygens (including phenoxy) is 2. The van der Waals surface area contributed by atoms with E-state index >= 15 is 0 Å². The van der Waals surface area contributed by atoms with E-state index in [1.807, 2.05) is 30.3 Å². The highest BCUT2D eigenvalue weighted by atomic mass is 16.5. The number of carbonyl (C=O) groups excluding carboxylic acids is 3. The minimum atomic E-state index is -0.793. The number of methoxy groups -OCH3 is 2. The minimum absolute atomic E-state index is 0.0568. The number of nitrogens with zero attached hydrogens (tertiary/aromatic N) is 1. The van der Waals surface area contributed by atoms with Crippen molar-refractivity contribution in [2.24, 2.45) is 0 Å². The van der Waals surface area contributed by atoms with Gasteiger partial charge >= 0.3 is 11.9 Å². The van der Waals surface area contributed by atoms with Crippen LogP contribution in [0.25, 0.3) is 0 Å². The molecule has 0 saturated carbocycles. The number of esters is 2. The van der Waals surface area contributed by atoms with Gasteiger partial charge in [-0.15, -0.1) is 0 Å². The molecule has 2 rings (SSSR count). The first-order valence-corrected chi connectivity index (χ1v) is 7.09. The average molecular weight is 331 g/mol. The molecule has 0 N–H and O–H groups in total. The molecule has 0 aliphatic rings. The van der Waals surface area contributed by atoms with Crippen molar-refractivity contribution in [1.82, 2.24) is 0 Å². The number of carbonyl (C=O) groups is 3. The number of amides is 1. The highest BCUT2D eigenvalue weighted by molar-refractivity contribution is 6.08. The van der Waals surface area contributed by atoms with Gasteiger partial charge in [-0.25, -0.2) is 9.59 Å². The average Bonchev–Trinajstić information content (AvgIpc) is 3.03. The normalized spacial score (nSPS) is 10.1. The van der Waals surface area contributed by atoms with Gasteiger partial charge in [-0.2, -0.15) is 0 Å². The van der Waals surface area contributed by atoms with Crippen molar-refractivity contribution in [2.75, 3.05) is 19.1 Å². The van der Waals surface area contributed by atoms with E-state index in [2.05, 4.69) is 4.74 Å². The van der Waals surface area contributed by atoms with Crippen LogP contribution in [-0.4, -0.2) is 32.1 Å². The molecule has 2 aromatic rings. The second-order valence-electron chi connectivity index (χ2n) is 4.90. The Morgan fingerprint density at radius 1 is 1.04 bits per heavy atom. The molecule has 0 saturated heterocycles. The topological polar surface area (TPSA) is 86.0 Å². The van der Waals surface area contributed by atoms with Crippen LogP contribution in [0, 0.1) is 0 Å². The lowest BCUT2D eigenvalue weighted by Crippen LogP contribution is -2.29. The van der Waals surface area contributed by atoms with Gasteiger partial charge in [-0.1, -0.05) is 30.3 Å². The molecule has 1 amide bonds. The molecule has 0 unspecified atom stereocenters. The maximum atomic E-state index is 12.1. The fourth-order valence-corrected chi connectivity index (χ4v) is 2.20. The first-order valence-electron chi connectivity index (χ1n) is 7.09. The molecular formula is C17H17NO6. The third kappa shape index (κ3) is 3.45. The summed E-state index contributed by atoms with van der Waals surface area (Å²) in [5.74, 6) is -1.96. The monoisotopic (exact) mass is 331 g/mol. The molecule has 0 radical (unpaired) electrons. The van der Waals surface area contributed by atoms with Crippen LogP contribution in [0.15, 0.2) is 41.0 Å². The molecule has 1 aromatic heterocycles. The molecule has 7 nitrogen and oxygen atoms in total. The van der Waals surface area contributed by atoms with Gasteiger partial charge in [0.15, 0.2) is 0 Å². The lowest BCUT2D eigenvalue weighted by molar-refractivity contribution is -0.116. The maximum Gasteiger partial charge on any atom is 0.344 e. The van der Waals surface area contributed by atoms with Gasteiger partial charge in [0, 0.05) is 6.92 Å². The standard InChI is InChI=1S/C17H17NO6/c1-11(19)18(9-12-7-5-4-6-8-12)15-14(17(21)23-3)13(10-24-15)16(20)22-2/h4-8,10H,9H2,1-3H3. The predicted molar refractivity (Wildman–Crippen MR) is 84.7 cm³/mol. The Balaban J connectivity index is 2.50. The summed E-state index contributed by atoms with van der Waals surface area (Å²) in [7, 11) is 2.36. The lowest BCUT2D eigenvalue weighted by Gasteiger charge is -2.19. The van der Waals surface area contributed by atoms with Crippen molar-refractivity contribution in [3.8, 4) is 0 Å². The molecule has 1 heterocycles. The molecule has 7 heteroatoms. The number of rotatable bonds is 5. The summed E-state index contributed by atoms with van der Waals surface area (Å²) >= 11 is 0. The third-order valence-electron chi connectivity index (χ3n) is 3.38. The van der Waals surface area contributed by atoms with Gasteiger partial charge in [0.05, 0.1) is 20.8 Å². The van der Waals surface area contributed by atoms with Gasteiger partial charge in [0.25, 0.3) is 0 Å². The third-order valence-corrected chi connectivity index (χ3v) is 3.38. The van der Waals surface area contributed by atoms with E-state index in [0.717, 1.165) is 11.8 Å². The summed E-state index contributed by atoms with van der Waals surface area (Å²) in [6, 6.07) is 9.17. The van der Waals surface area contributed by atoms with Crippen LogP contribution in [0.5, 0.6) is 0 Å². The highest BCUT2D eigenvalue weighted by Gasteiger charge is 2.31. The smallest absolute Gasteiger partial charge is 0.344 e. The van der Waals surface area contributed by atoms with E-state index in [1.54, 1.807) is 0 Å². The number of benzene rings is 1. The summed E-state index contributed by atoms with van der Waals surface area (Å²) in [6.07, 6.45) is 1.08. The van der Waals surface area contributed by atoms with Crippen LogP contribution in [0.3, 0.4) is 0 Å². The van der Waals surface area contributed by atoms with Crippen LogP contribution in [-0.2, 0) is 20.8 Å². The quantitative estimate of drug-likeness (QED) is 0.782. The van der Waals surface area contributed by atoms with E-state index in [0.29, 0.717) is 0 Å². The number of furan rings is 1. The zero-order chi connectivity index (χ0) is 17.7. The van der Waals surface area contributed by atoms with Gasteiger partial charge in [-0.3, -0.25) is 9.69 Å². The van der Waals surface area contributed by atoms with Crippen LogP contribution >= 0.6 is 0 Å². The molecule has 0 aliphatic carbocycles. The summed E-state index contributed by atoms with van der Waals surface area (Å²) in [4.78, 5) is 37.2. The van der Waals surface area contributed by atoms with Crippen molar-refractivity contribution in [1.29, 1.82) is 0 Å². The highest BCUT2D eigenvalue weighted by Crippen LogP contribution is 2.29. The van der Waals surface area contributed by atoms with Crippen molar-refractivity contribution < 1.29 is 28.3 Å². The fourth-order valence-electron chi connectivity index (χ4n) is 2.20. The number of anilines is 1. The second kappa shape index (κ2) is 7.45. The first-order chi connectivity index (χ1) is 11.5. The molecule has 0 spiro atoms. The Morgan fingerprint density at radius 3 is 2.21 bits per heavy atom. The Labute approximate surface area is 138 Å². The van der Waals surface area contributed by atoms with Crippen LogP contribution < -0.4 is 4.90 Å². The van der Waals surface area contributed by atoms with Crippen molar-refractivity contribution in [2.45, 2.75) is 13.5 Å².